The first-order valence-corrected chi connectivity index (χ1v) is 9.23. The number of furan rings is 1. The molecule has 4 rings (SSSR count). The van der Waals surface area contributed by atoms with Gasteiger partial charge in [-0.15, -0.1) is 0 Å². The summed E-state index contributed by atoms with van der Waals surface area (Å²) in [6.45, 7) is 4.06. The average molecular weight is 386 g/mol. The number of nitrogens with zero attached hydrogens (tertiary/aromatic N) is 3. The molecule has 1 atom stereocenters. The van der Waals surface area contributed by atoms with E-state index < -0.39 is 6.04 Å². The molecule has 0 aliphatic carbocycles. The zero-order valence-electron chi connectivity index (χ0n) is 14.8. The quantitative estimate of drug-likeness (QED) is 0.617. The van der Waals surface area contributed by atoms with Crippen LogP contribution in [0.2, 0.25) is 0 Å². The SMILES string of the molecule is CC1=C(C(=O)NCCc2cn3nc(C)sc3n2)C(c2ccoc2)NC(=O)N1. The second kappa shape index (κ2) is 6.88. The molecule has 1 aliphatic rings. The summed E-state index contributed by atoms with van der Waals surface area (Å²) in [4.78, 5) is 29.9. The van der Waals surface area contributed by atoms with Crippen LogP contribution in [0.3, 0.4) is 0 Å². The van der Waals surface area contributed by atoms with E-state index in [-0.39, 0.29) is 11.9 Å². The van der Waals surface area contributed by atoms with Crippen LogP contribution in [0, 0.1) is 6.92 Å². The van der Waals surface area contributed by atoms with Gasteiger partial charge in [0.2, 0.25) is 4.96 Å². The third-order valence-corrected chi connectivity index (χ3v) is 5.09. The average Bonchev–Trinajstić information content (AvgIpc) is 3.30. The number of imidazole rings is 1. The molecule has 0 bridgehead atoms. The van der Waals surface area contributed by atoms with E-state index in [1.165, 1.54) is 23.9 Å². The summed E-state index contributed by atoms with van der Waals surface area (Å²) in [6, 6.07) is 0.822. The molecule has 10 heteroatoms. The molecule has 4 heterocycles. The van der Waals surface area contributed by atoms with Gasteiger partial charge in [-0.2, -0.15) is 5.10 Å². The number of aromatic nitrogens is 3. The summed E-state index contributed by atoms with van der Waals surface area (Å²) in [5.41, 5.74) is 2.55. The number of nitrogens with one attached hydrogen (secondary N) is 3. The van der Waals surface area contributed by atoms with Crippen molar-refractivity contribution in [3.8, 4) is 0 Å². The van der Waals surface area contributed by atoms with E-state index in [1.807, 2.05) is 13.1 Å². The lowest BCUT2D eigenvalue weighted by molar-refractivity contribution is -0.117. The first-order chi connectivity index (χ1) is 13.0. The fourth-order valence-electron chi connectivity index (χ4n) is 3.05. The second-order valence-corrected chi connectivity index (χ2v) is 7.37. The first-order valence-electron chi connectivity index (χ1n) is 8.41. The van der Waals surface area contributed by atoms with Crippen LogP contribution in [0.1, 0.15) is 29.2 Å². The van der Waals surface area contributed by atoms with Crippen LogP contribution in [-0.2, 0) is 11.2 Å². The van der Waals surface area contributed by atoms with Gasteiger partial charge in [-0.25, -0.2) is 14.3 Å². The summed E-state index contributed by atoms with van der Waals surface area (Å²) < 4.78 is 6.84. The molecule has 0 aromatic carbocycles. The van der Waals surface area contributed by atoms with E-state index in [4.69, 9.17) is 4.42 Å². The van der Waals surface area contributed by atoms with Crippen LogP contribution in [0.15, 0.2) is 40.5 Å². The minimum Gasteiger partial charge on any atom is -0.472 e. The Bertz CT molecular complexity index is 1000. The molecule has 3 aromatic heterocycles. The molecule has 27 heavy (non-hydrogen) atoms. The molecular weight excluding hydrogens is 368 g/mol. The highest BCUT2D eigenvalue weighted by Crippen LogP contribution is 2.26. The van der Waals surface area contributed by atoms with Crippen molar-refractivity contribution in [2.75, 3.05) is 6.54 Å². The van der Waals surface area contributed by atoms with Crippen LogP contribution in [-0.4, -0.2) is 33.1 Å². The highest BCUT2D eigenvalue weighted by atomic mass is 32.1. The standard InChI is InChI=1S/C17H18N6O3S/c1-9-13(14(21-16(25)19-9)11-4-6-26-8-11)15(24)18-5-3-12-7-23-17(20-12)27-10(2)22-23/h4,6-8,14H,3,5H2,1-2H3,(H,18,24)(H2,19,21,25). The van der Waals surface area contributed by atoms with Crippen molar-refractivity contribution in [3.05, 3.63) is 52.3 Å². The van der Waals surface area contributed by atoms with Gasteiger partial charge in [0, 0.05) is 24.2 Å². The maximum atomic E-state index is 12.8. The predicted octanol–water partition coefficient (Wildman–Crippen LogP) is 1.68. The smallest absolute Gasteiger partial charge is 0.319 e. The number of allylic oxidation sites excluding steroid dienone is 1. The number of fused-ring (bicyclic) bond motifs is 1. The normalized spacial score (nSPS) is 17.1. The monoisotopic (exact) mass is 386 g/mol. The Morgan fingerprint density at radius 3 is 3.04 bits per heavy atom. The molecule has 0 fully saturated rings. The van der Waals surface area contributed by atoms with Gasteiger partial charge in [-0.3, -0.25) is 4.79 Å². The minimum atomic E-state index is -0.553. The van der Waals surface area contributed by atoms with E-state index in [9.17, 15) is 9.59 Å². The molecular formula is C17H18N6O3S. The van der Waals surface area contributed by atoms with Crippen molar-refractivity contribution in [2.45, 2.75) is 26.3 Å². The van der Waals surface area contributed by atoms with Gasteiger partial charge in [0.1, 0.15) is 5.01 Å². The first kappa shape index (κ1) is 17.3. The van der Waals surface area contributed by atoms with Crippen LogP contribution in [0.5, 0.6) is 0 Å². The molecule has 0 saturated heterocycles. The fourth-order valence-corrected chi connectivity index (χ4v) is 3.79. The Morgan fingerprint density at radius 1 is 1.44 bits per heavy atom. The molecule has 3 amide bonds. The van der Waals surface area contributed by atoms with Gasteiger partial charge in [0.15, 0.2) is 0 Å². The zero-order chi connectivity index (χ0) is 19.0. The summed E-state index contributed by atoms with van der Waals surface area (Å²) in [7, 11) is 0. The highest BCUT2D eigenvalue weighted by molar-refractivity contribution is 7.16. The molecule has 1 unspecified atom stereocenters. The van der Waals surface area contributed by atoms with Gasteiger partial charge in [0.05, 0.1) is 36.0 Å². The van der Waals surface area contributed by atoms with E-state index in [1.54, 1.807) is 17.5 Å². The maximum Gasteiger partial charge on any atom is 0.319 e. The van der Waals surface area contributed by atoms with Crippen LogP contribution in [0.4, 0.5) is 4.79 Å². The Hall–Kier alpha value is -3.14. The number of hydrogen-bond acceptors (Lipinski definition) is 6. The Labute approximate surface area is 158 Å². The topological polar surface area (TPSA) is 114 Å². The maximum absolute atomic E-state index is 12.8. The number of carbonyl (C=O) groups excluding carboxylic acids is 2. The summed E-state index contributed by atoms with van der Waals surface area (Å²) >= 11 is 1.52. The van der Waals surface area contributed by atoms with Crippen molar-refractivity contribution >= 4 is 28.2 Å². The second-order valence-electron chi connectivity index (χ2n) is 6.21. The third-order valence-electron chi connectivity index (χ3n) is 4.25. The number of carbonyl (C=O) groups is 2. The van der Waals surface area contributed by atoms with Crippen LogP contribution >= 0.6 is 11.3 Å². The molecule has 140 valence electrons. The molecule has 3 N–H and O–H groups in total. The van der Waals surface area contributed by atoms with Gasteiger partial charge < -0.3 is 20.4 Å². The number of amides is 3. The van der Waals surface area contributed by atoms with Crippen LogP contribution in [0.25, 0.3) is 4.96 Å². The van der Waals surface area contributed by atoms with Gasteiger partial charge >= 0.3 is 6.03 Å². The van der Waals surface area contributed by atoms with E-state index in [0.717, 1.165) is 15.7 Å². The van der Waals surface area contributed by atoms with Crippen molar-refractivity contribution in [1.82, 2.24) is 30.5 Å². The van der Waals surface area contributed by atoms with Crippen molar-refractivity contribution in [2.24, 2.45) is 0 Å². The number of rotatable bonds is 5. The zero-order valence-corrected chi connectivity index (χ0v) is 15.6. The largest absolute Gasteiger partial charge is 0.472 e. The van der Waals surface area contributed by atoms with Crippen molar-refractivity contribution < 1.29 is 14.0 Å². The summed E-state index contributed by atoms with van der Waals surface area (Å²) in [6.07, 6.45) is 5.48. The van der Waals surface area contributed by atoms with E-state index in [2.05, 4.69) is 26.0 Å². The molecule has 9 nitrogen and oxygen atoms in total. The molecule has 3 aromatic rings. The number of aryl methyl sites for hydroxylation is 1. The van der Waals surface area contributed by atoms with E-state index >= 15 is 0 Å². The predicted molar refractivity (Wildman–Crippen MR) is 98.1 cm³/mol. The lowest BCUT2D eigenvalue weighted by atomic mass is 9.97. The van der Waals surface area contributed by atoms with Gasteiger partial charge in [0.25, 0.3) is 5.91 Å². The highest BCUT2D eigenvalue weighted by Gasteiger charge is 2.31. The molecule has 0 spiro atoms. The summed E-state index contributed by atoms with van der Waals surface area (Å²) in [5.74, 6) is -0.249. The fraction of sp³-hybridized carbons (Fsp3) is 0.294. The van der Waals surface area contributed by atoms with Gasteiger partial charge in [-0.1, -0.05) is 11.3 Å². The minimum absolute atomic E-state index is 0.249. The lowest BCUT2D eigenvalue weighted by Crippen LogP contribution is -2.47. The third kappa shape index (κ3) is 3.43. The van der Waals surface area contributed by atoms with Crippen LogP contribution < -0.4 is 16.0 Å². The Morgan fingerprint density at radius 2 is 2.30 bits per heavy atom. The molecule has 0 radical (unpaired) electrons. The summed E-state index contributed by atoms with van der Waals surface area (Å²) in [5, 5.41) is 13.6. The lowest BCUT2D eigenvalue weighted by Gasteiger charge is -2.27. The Balaban J connectivity index is 1.44. The van der Waals surface area contributed by atoms with E-state index in [0.29, 0.717) is 29.8 Å². The van der Waals surface area contributed by atoms with Crippen molar-refractivity contribution in [1.29, 1.82) is 0 Å². The molecule has 0 saturated carbocycles. The number of hydrogen-bond donors (Lipinski definition) is 3. The van der Waals surface area contributed by atoms with Crippen molar-refractivity contribution in [3.63, 3.8) is 0 Å². The number of urea groups is 1. The van der Waals surface area contributed by atoms with Gasteiger partial charge in [-0.05, 0) is 19.9 Å². The Kier molecular flexibility index (Phi) is 4.40. The molecule has 1 aliphatic heterocycles.